The van der Waals surface area contributed by atoms with Gasteiger partial charge in [-0.2, -0.15) is 4.99 Å². The Morgan fingerprint density at radius 2 is 2.07 bits per heavy atom. The van der Waals surface area contributed by atoms with E-state index in [9.17, 15) is 9.18 Å². The molecule has 0 fully saturated rings. The van der Waals surface area contributed by atoms with Gasteiger partial charge in [0.1, 0.15) is 5.82 Å². The van der Waals surface area contributed by atoms with E-state index in [-0.39, 0.29) is 5.82 Å². The van der Waals surface area contributed by atoms with E-state index in [0.29, 0.717) is 10.0 Å². The van der Waals surface area contributed by atoms with Crippen molar-refractivity contribution in [2.75, 3.05) is 0 Å². The molecule has 74 valence electrons. The average Bonchev–Trinajstić information content (AvgIpc) is 2.02. The predicted molar refractivity (Wildman–Crippen MR) is 55.2 cm³/mol. The minimum atomic E-state index is -0.744. The van der Waals surface area contributed by atoms with Gasteiger partial charge in [-0.15, -0.1) is 0 Å². The zero-order valence-corrected chi connectivity index (χ0v) is 9.43. The molecule has 0 aliphatic heterocycles. The van der Waals surface area contributed by atoms with E-state index < -0.39 is 5.54 Å². The van der Waals surface area contributed by atoms with Crippen LogP contribution in [0.1, 0.15) is 19.4 Å². The molecule has 1 rings (SSSR count). The lowest BCUT2D eigenvalue weighted by atomic mass is 9.95. The van der Waals surface area contributed by atoms with E-state index in [1.807, 2.05) is 0 Å². The monoisotopic (exact) mass is 257 g/mol. The van der Waals surface area contributed by atoms with Gasteiger partial charge in [0.2, 0.25) is 6.08 Å². The smallest absolute Gasteiger partial charge is 0.211 e. The summed E-state index contributed by atoms with van der Waals surface area (Å²) in [6.45, 7) is 3.44. The van der Waals surface area contributed by atoms with Gasteiger partial charge >= 0.3 is 0 Å². The van der Waals surface area contributed by atoms with Gasteiger partial charge in [0, 0.05) is 4.47 Å². The van der Waals surface area contributed by atoms with Crippen LogP contribution in [0.2, 0.25) is 0 Å². The van der Waals surface area contributed by atoms with Gasteiger partial charge in [-0.1, -0.05) is 15.9 Å². The fourth-order valence-electron chi connectivity index (χ4n) is 1.09. The quantitative estimate of drug-likeness (QED) is 0.591. The number of aliphatic imine (C=N–C) groups is 1. The average molecular weight is 258 g/mol. The van der Waals surface area contributed by atoms with Crippen molar-refractivity contribution < 1.29 is 9.18 Å². The van der Waals surface area contributed by atoms with Crippen molar-refractivity contribution in [1.82, 2.24) is 0 Å². The third kappa shape index (κ3) is 2.50. The third-order valence-electron chi connectivity index (χ3n) is 1.89. The van der Waals surface area contributed by atoms with Crippen molar-refractivity contribution in [3.05, 3.63) is 34.1 Å². The molecule has 0 aliphatic rings. The maximum atomic E-state index is 13.0. The highest BCUT2D eigenvalue weighted by Crippen LogP contribution is 2.27. The lowest BCUT2D eigenvalue weighted by Gasteiger charge is -2.18. The van der Waals surface area contributed by atoms with E-state index in [4.69, 9.17) is 0 Å². The lowest BCUT2D eigenvalue weighted by molar-refractivity contribution is 0.518. The standard InChI is InChI=1S/C10H9BrFNO/c1-10(2,13-6-14)7-3-8(11)5-9(12)4-7/h3-5H,1-2H3. The van der Waals surface area contributed by atoms with Crippen LogP contribution >= 0.6 is 15.9 Å². The molecule has 0 saturated heterocycles. The van der Waals surface area contributed by atoms with Gasteiger partial charge in [-0.3, -0.25) is 0 Å². The van der Waals surface area contributed by atoms with Crippen molar-refractivity contribution in [3.63, 3.8) is 0 Å². The van der Waals surface area contributed by atoms with Crippen LogP contribution in [-0.4, -0.2) is 6.08 Å². The van der Waals surface area contributed by atoms with Crippen LogP contribution in [0.5, 0.6) is 0 Å². The van der Waals surface area contributed by atoms with Crippen LogP contribution in [0.4, 0.5) is 4.39 Å². The van der Waals surface area contributed by atoms with Gasteiger partial charge in [-0.25, -0.2) is 9.18 Å². The summed E-state index contributed by atoms with van der Waals surface area (Å²) < 4.78 is 13.7. The Balaban J connectivity index is 3.24. The first-order chi connectivity index (χ1) is 6.45. The summed E-state index contributed by atoms with van der Waals surface area (Å²) in [5, 5.41) is 0. The van der Waals surface area contributed by atoms with Crippen molar-refractivity contribution in [2.45, 2.75) is 19.4 Å². The highest BCUT2D eigenvalue weighted by atomic mass is 79.9. The molecular weight excluding hydrogens is 249 g/mol. The Labute approximate surface area is 90.0 Å². The second-order valence-electron chi connectivity index (χ2n) is 3.42. The lowest BCUT2D eigenvalue weighted by Crippen LogP contribution is -2.13. The molecule has 0 amide bonds. The van der Waals surface area contributed by atoms with Crippen LogP contribution in [0, 0.1) is 5.82 Å². The zero-order chi connectivity index (χ0) is 10.8. The largest absolute Gasteiger partial charge is 0.235 e. The molecule has 0 unspecified atom stereocenters. The molecule has 0 aliphatic carbocycles. The Morgan fingerprint density at radius 3 is 2.57 bits per heavy atom. The fraction of sp³-hybridized carbons (Fsp3) is 0.300. The van der Waals surface area contributed by atoms with Gasteiger partial charge in [0.15, 0.2) is 0 Å². The maximum Gasteiger partial charge on any atom is 0.235 e. The molecule has 0 heterocycles. The molecule has 0 N–H and O–H groups in total. The van der Waals surface area contributed by atoms with E-state index in [2.05, 4.69) is 20.9 Å². The summed E-state index contributed by atoms with van der Waals surface area (Å²) in [7, 11) is 0. The van der Waals surface area contributed by atoms with Gasteiger partial charge in [0.25, 0.3) is 0 Å². The van der Waals surface area contributed by atoms with Crippen LogP contribution in [0.3, 0.4) is 0 Å². The number of hydrogen-bond acceptors (Lipinski definition) is 2. The highest BCUT2D eigenvalue weighted by Gasteiger charge is 2.20. The number of rotatable bonds is 2. The molecule has 4 heteroatoms. The molecule has 0 atom stereocenters. The van der Waals surface area contributed by atoms with Crippen molar-refractivity contribution in [1.29, 1.82) is 0 Å². The first-order valence-electron chi connectivity index (χ1n) is 4.01. The van der Waals surface area contributed by atoms with Crippen LogP contribution in [-0.2, 0) is 10.3 Å². The SMILES string of the molecule is CC(C)(N=C=O)c1cc(F)cc(Br)c1. The minimum Gasteiger partial charge on any atom is -0.211 e. The molecule has 0 bridgehead atoms. The summed E-state index contributed by atoms with van der Waals surface area (Å²) in [5.41, 5.74) is -0.112. The van der Waals surface area contributed by atoms with Gasteiger partial charge in [0.05, 0.1) is 5.54 Å². The number of isocyanates is 1. The maximum absolute atomic E-state index is 13.0. The van der Waals surface area contributed by atoms with Crippen molar-refractivity contribution >= 4 is 22.0 Å². The molecule has 0 radical (unpaired) electrons. The van der Waals surface area contributed by atoms with E-state index in [1.165, 1.54) is 18.2 Å². The number of benzene rings is 1. The van der Waals surface area contributed by atoms with Crippen molar-refractivity contribution in [2.24, 2.45) is 4.99 Å². The first-order valence-corrected chi connectivity index (χ1v) is 4.80. The third-order valence-corrected chi connectivity index (χ3v) is 2.35. The molecule has 1 aromatic rings. The van der Waals surface area contributed by atoms with Crippen LogP contribution < -0.4 is 0 Å². The zero-order valence-electron chi connectivity index (χ0n) is 7.84. The summed E-state index contributed by atoms with van der Waals surface area (Å²) in [4.78, 5) is 13.8. The van der Waals surface area contributed by atoms with E-state index in [0.717, 1.165) is 0 Å². The molecular formula is C10H9BrFNO. The number of halogens is 2. The highest BCUT2D eigenvalue weighted by molar-refractivity contribution is 9.10. The molecule has 0 saturated carbocycles. The Bertz CT molecular complexity index is 377. The van der Waals surface area contributed by atoms with Crippen LogP contribution in [0.15, 0.2) is 27.7 Å². The second kappa shape index (κ2) is 4.03. The Hall–Kier alpha value is -0.990. The summed E-state index contributed by atoms with van der Waals surface area (Å²) in [5.74, 6) is -0.358. The van der Waals surface area contributed by atoms with E-state index in [1.54, 1.807) is 19.9 Å². The summed E-state index contributed by atoms with van der Waals surface area (Å²) >= 11 is 3.18. The normalized spacial score (nSPS) is 10.9. The predicted octanol–water partition coefficient (Wildman–Crippen LogP) is 3.16. The molecule has 0 spiro atoms. The molecule has 2 nitrogen and oxygen atoms in total. The summed E-state index contributed by atoms with van der Waals surface area (Å²) in [6.07, 6.45) is 1.48. The van der Waals surface area contributed by atoms with Gasteiger partial charge in [-0.05, 0) is 37.6 Å². The first kappa shape index (κ1) is 11.1. The van der Waals surface area contributed by atoms with Crippen molar-refractivity contribution in [3.8, 4) is 0 Å². The summed E-state index contributed by atoms with van der Waals surface area (Å²) in [6, 6.07) is 4.43. The number of hydrogen-bond donors (Lipinski definition) is 0. The fourth-order valence-corrected chi connectivity index (χ4v) is 1.55. The molecule has 1 aromatic carbocycles. The topological polar surface area (TPSA) is 29.4 Å². The Morgan fingerprint density at radius 1 is 1.43 bits per heavy atom. The molecule has 14 heavy (non-hydrogen) atoms. The van der Waals surface area contributed by atoms with E-state index >= 15 is 0 Å². The minimum absolute atomic E-state index is 0.358. The second-order valence-corrected chi connectivity index (χ2v) is 4.34. The Kier molecular flexibility index (Phi) is 3.19. The molecule has 0 aromatic heterocycles. The van der Waals surface area contributed by atoms with Crippen LogP contribution in [0.25, 0.3) is 0 Å². The van der Waals surface area contributed by atoms with Gasteiger partial charge < -0.3 is 0 Å². The number of nitrogens with zero attached hydrogens (tertiary/aromatic N) is 1. The number of carbonyl (C=O) groups excluding carboxylic acids is 1.